The standard InChI is InChI=1S/C20H26N2O5.C9H18/c1-13(23)20(2)12-21-15(19(24)22(20)9-6-10-25-3)11-14-16(26-4)7-8-17(27-5)18(14)21;1-7-5-4-6-8(2)9(7)3/h7-8,11H,6,9-10,12H2,1-5H3;7-9H,4-6H2,1-3H3. The molecule has 2 heterocycles. The van der Waals surface area contributed by atoms with Crippen LogP contribution in [0.4, 0.5) is 0 Å². The van der Waals surface area contributed by atoms with Crippen molar-refractivity contribution in [3.8, 4) is 11.5 Å². The summed E-state index contributed by atoms with van der Waals surface area (Å²) in [5.74, 6) is 4.01. The summed E-state index contributed by atoms with van der Waals surface area (Å²) in [5.41, 5.74) is 0.367. The SMILES string of the molecule is CC1CCCC(C)C1C.COCCCN1C(=O)c2cc3c(OC)ccc(OC)c3n2CC1(C)C(C)=O. The zero-order valence-electron chi connectivity index (χ0n) is 23.3. The van der Waals surface area contributed by atoms with Gasteiger partial charge in [0, 0.05) is 25.6 Å². The van der Waals surface area contributed by atoms with Gasteiger partial charge in [-0.15, -0.1) is 0 Å². The van der Waals surface area contributed by atoms with Crippen LogP contribution in [0.15, 0.2) is 18.2 Å². The first-order chi connectivity index (χ1) is 17.1. The highest BCUT2D eigenvalue weighted by atomic mass is 16.5. The van der Waals surface area contributed by atoms with Gasteiger partial charge in [0.25, 0.3) is 5.91 Å². The maximum atomic E-state index is 13.3. The summed E-state index contributed by atoms with van der Waals surface area (Å²) in [7, 11) is 4.81. The number of carbonyl (C=O) groups is 2. The van der Waals surface area contributed by atoms with Gasteiger partial charge in [-0.2, -0.15) is 0 Å². The predicted octanol–water partition coefficient (Wildman–Crippen LogP) is 5.58. The molecule has 0 N–H and O–H groups in total. The molecule has 0 bridgehead atoms. The minimum Gasteiger partial charge on any atom is -0.496 e. The summed E-state index contributed by atoms with van der Waals surface area (Å²) in [5, 5.41) is 0.796. The Kier molecular flexibility index (Phi) is 9.09. The average Bonchev–Trinajstić information content (AvgIpc) is 3.24. The number of fused-ring (bicyclic) bond motifs is 3. The Morgan fingerprint density at radius 1 is 1.06 bits per heavy atom. The average molecular weight is 501 g/mol. The number of hydrogen-bond donors (Lipinski definition) is 0. The molecular formula is C29H44N2O5. The molecule has 1 aliphatic carbocycles. The van der Waals surface area contributed by atoms with Crippen LogP contribution in [-0.2, 0) is 16.1 Å². The highest BCUT2D eigenvalue weighted by Crippen LogP contribution is 2.40. The van der Waals surface area contributed by atoms with Crippen molar-refractivity contribution < 1.29 is 23.8 Å². The number of carbonyl (C=O) groups excluding carboxylic acids is 2. The molecular weight excluding hydrogens is 456 g/mol. The van der Waals surface area contributed by atoms with Crippen molar-refractivity contribution in [3.05, 3.63) is 23.9 Å². The molecule has 3 atom stereocenters. The highest BCUT2D eigenvalue weighted by Gasteiger charge is 2.45. The van der Waals surface area contributed by atoms with E-state index in [0.29, 0.717) is 43.3 Å². The van der Waals surface area contributed by atoms with E-state index < -0.39 is 5.54 Å². The molecule has 0 spiro atoms. The molecule has 4 rings (SSSR count). The fraction of sp³-hybridized carbons (Fsp3) is 0.655. The lowest BCUT2D eigenvalue weighted by Gasteiger charge is -2.43. The van der Waals surface area contributed by atoms with Gasteiger partial charge in [0.2, 0.25) is 0 Å². The van der Waals surface area contributed by atoms with Crippen molar-refractivity contribution in [2.45, 2.75) is 72.4 Å². The number of benzene rings is 1. The minimum absolute atomic E-state index is 0.0531. The third-order valence-electron chi connectivity index (χ3n) is 8.55. The Bertz CT molecular complexity index is 1070. The molecule has 3 unspecified atom stereocenters. The Hall–Kier alpha value is -2.54. The number of ether oxygens (including phenoxy) is 3. The van der Waals surface area contributed by atoms with Crippen molar-refractivity contribution in [3.63, 3.8) is 0 Å². The molecule has 7 heteroatoms. The van der Waals surface area contributed by atoms with E-state index in [-0.39, 0.29) is 11.7 Å². The molecule has 2 aliphatic rings. The second-order valence-corrected chi connectivity index (χ2v) is 10.7. The Morgan fingerprint density at radius 2 is 1.67 bits per heavy atom. The quantitative estimate of drug-likeness (QED) is 0.465. The molecule has 1 fully saturated rings. The maximum Gasteiger partial charge on any atom is 0.271 e. The molecule has 1 saturated carbocycles. The van der Waals surface area contributed by atoms with E-state index in [9.17, 15) is 9.59 Å². The van der Waals surface area contributed by atoms with E-state index in [4.69, 9.17) is 14.2 Å². The highest BCUT2D eigenvalue weighted by molar-refractivity contribution is 6.05. The normalized spacial score (nSPS) is 25.7. The van der Waals surface area contributed by atoms with Gasteiger partial charge in [0.15, 0.2) is 5.78 Å². The fourth-order valence-corrected chi connectivity index (χ4v) is 5.63. The van der Waals surface area contributed by atoms with Gasteiger partial charge in [0.05, 0.1) is 26.3 Å². The number of ketones is 1. The van der Waals surface area contributed by atoms with Crippen molar-refractivity contribution in [2.75, 3.05) is 34.5 Å². The van der Waals surface area contributed by atoms with Gasteiger partial charge in [-0.1, -0.05) is 40.0 Å². The molecule has 36 heavy (non-hydrogen) atoms. The first-order valence-electron chi connectivity index (χ1n) is 13.2. The first kappa shape index (κ1) is 28.0. The lowest BCUT2D eigenvalue weighted by Crippen LogP contribution is -2.60. The number of methoxy groups -OCH3 is 3. The molecule has 0 radical (unpaired) electrons. The van der Waals surface area contributed by atoms with Crippen LogP contribution in [-0.4, -0.2) is 61.2 Å². The number of hydrogen-bond acceptors (Lipinski definition) is 5. The van der Waals surface area contributed by atoms with E-state index in [1.807, 2.05) is 29.7 Å². The summed E-state index contributed by atoms with van der Waals surface area (Å²) in [6, 6.07) is 5.45. The molecule has 1 aliphatic heterocycles. The number of nitrogens with zero attached hydrogens (tertiary/aromatic N) is 2. The van der Waals surface area contributed by atoms with Crippen molar-refractivity contribution in [2.24, 2.45) is 17.8 Å². The maximum absolute atomic E-state index is 13.3. The molecule has 1 aromatic heterocycles. The Labute approximate surface area is 216 Å². The summed E-state index contributed by atoms with van der Waals surface area (Å²) in [6.07, 6.45) is 5.06. The van der Waals surface area contributed by atoms with E-state index in [2.05, 4.69) is 20.8 Å². The molecule has 7 nitrogen and oxygen atoms in total. The Balaban J connectivity index is 0.000000338. The van der Waals surface area contributed by atoms with Gasteiger partial charge in [-0.3, -0.25) is 9.59 Å². The lowest BCUT2D eigenvalue weighted by atomic mass is 9.75. The smallest absolute Gasteiger partial charge is 0.271 e. The largest absolute Gasteiger partial charge is 0.496 e. The summed E-state index contributed by atoms with van der Waals surface area (Å²) < 4.78 is 18.0. The predicted molar refractivity (Wildman–Crippen MR) is 143 cm³/mol. The number of rotatable bonds is 7. The van der Waals surface area contributed by atoms with Crippen LogP contribution in [0, 0.1) is 17.8 Å². The zero-order valence-corrected chi connectivity index (χ0v) is 23.3. The van der Waals surface area contributed by atoms with E-state index in [0.717, 1.165) is 28.7 Å². The van der Waals surface area contributed by atoms with E-state index >= 15 is 0 Å². The van der Waals surface area contributed by atoms with Gasteiger partial charge in [-0.05, 0) is 56.2 Å². The van der Waals surface area contributed by atoms with Gasteiger partial charge < -0.3 is 23.7 Å². The fourth-order valence-electron chi connectivity index (χ4n) is 5.63. The van der Waals surface area contributed by atoms with Crippen LogP contribution >= 0.6 is 0 Å². The summed E-state index contributed by atoms with van der Waals surface area (Å²) in [4.78, 5) is 27.6. The van der Waals surface area contributed by atoms with Crippen molar-refractivity contribution >= 4 is 22.6 Å². The number of aromatic nitrogens is 1. The second-order valence-electron chi connectivity index (χ2n) is 10.7. The van der Waals surface area contributed by atoms with Crippen LogP contribution in [0.3, 0.4) is 0 Å². The van der Waals surface area contributed by atoms with Gasteiger partial charge >= 0.3 is 0 Å². The molecule has 200 valence electrons. The summed E-state index contributed by atoms with van der Waals surface area (Å²) >= 11 is 0. The third-order valence-corrected chi connectivity index (χ3v) is 8.55. The van der Waals surface area contributed by atoms with Gasteiger partial charge in [0.1, 0.15) is 22.7 Å². The van der Waals surface area contributed by atoms with E-state index in [1.165, 1.54) is 26.2 Å². The van der Waals surface area contributed by atoms with Crippen LogP contribution < -0.4 is 9.47 Å². The Morgan fingerprint density at radius 3 is 2.19 bits per heavy atom. The van der Waals surface area contributed by atoms with Gasteiger partial charge in [-0.25, -0.2) is 0 Å². The van der Waals surface area contributed by atoms with Crippen LogP contribution in [0.25, 0.3) is 10.9 Å². The summed E-state index contributed by atoms with van der Waals surface area (Å²) in [6.45, 7) is 11.9. The van der Waals surface area contributed by atoms with E-state index in [1.54, 1.807) is 26.2 Å². The number of amides is 1. The van der Waals surface area contributed by atoms with Crippen LogP contribution in [0.5, 0.6) is 11.5 Å². The third kappa shape index (κ3) is 5.26. The van der Waals surface area contributed by atoms with Crippen molar-refractivity contribution in [1.29, 1.82) is 0 Å². The van der Waals surface area contributed by atoms with Crippen LogP contribution in [0.2, 0.25) is 0 Å². The lowest BCUT2D eigenvalue weighted by molar-refractivity contribution is -0.128. The molecule has 1 aromatic carbocycles. The minimum atomic E-state index is -0.933. The second kappa shape index (κ2) is 11.7. The monoisotopic (exact) mass is 500 g/mol. The molecule has 2 aromatic rings. The van der Waals surface area contributed by atoms with Crippen LogP contribution in [0.1, 0.15) is 70.8 Å². The van der Waals surface area contributed by atoms with Crippen molar-refractivity contribution in [1.82, 2.24) is 9.47 Å². The molecule has 0 saturated heterocycles. The first-order valence-corrected chi connectivity index (χ1v) is 13.2. The topological polar surface area (TPSA) is 70.0 Å². The molecule has 1 amide bonds. The zero-order chi connectivity index (χ0) is 26.6. The number of Topliss-reactive ketones (excluding diaryl/α,β-unsaturated/α-hetero) is 1.